The summed E-state index contributed by atoms with van der Waals surface area (Å²) in [6.07, 6.45) is 4.15. The summed E-state index contributed by atoms with van der Waals surface area (Å²) in [5.74, 6) is -2.55. The van der Waals surface area contributed by atoms with E-state index in [0.29, 0.717) is 12.6 Å². The quantitative estimate of drug-likeness (QED) is 0.619. The molecule has 2 rings (SSSR count). The highest BCUT2D eigenvalue weighted by Gasteiger charge is 2.35. The highest BCUT2D eigenvalue weighted by Crippen LogP contribution is 2.44. The van der Waals surface area contributed by atoms with Gasteiger partial charge in [0.15, 0.2) is 0 Å². The first-order valence-electron chi connectivity index (χ1n) is 6.84. The van der Waals surface area contributed by atoms with Crippen LogP contribution in [0.15, 0.2) is 12.1 Å². The molecule has 21 heavy (non-hydrogen) atoms. The molecule has 7 heteroatoms. The number of anilines is 1. The molecule has 1 aromatic carbocycles. The van der Waals surface area contributed by atoms with Crippen LogP contribution in [0.5, 0.6) is 0 Å². The van der Waals surface area contributed by atoms with Crippen LogP contribution in [0.3, 0.4) is 0 Å². The Morgan fingerprint density at radius 1 is 1.52 bits per heavy atom. The number of rotatable bonds is 6. The second-order valence-corrected chi connectivity index (χ2v) is 5.47. The minimum Gasteiger partial charge on any atom is -0.478 e. The molecule has 114 valence electrons. The number of benzene rings is 1. The maximum absolute atomic E-state index is 13.5. The molecule has 0 aliphatic heterocycles. The Kier molecular flexibility index (Phi) is 4.11. The molecule has 0 aromatic heterocycles. The number of hydrogen-bond donors (Lipinski definition) is 2. The zero-order valence-corrected chi connectivity index (χ0v) is 11.7. The minimum atomic E-state index is -1.45. The molecule has 1 aliphatic rings. The van der Waals surface area contributed by atoms with Gasteiger partial charge in [0.2, 0.25) is 0 Å². The number of carboxylic acid groups (broad SMARTS) is 1. The smallest absolute Gasteiger partial charge is 0.338 e. The molecule has 1 aromatic rings. The van der Waals surface area contributed by atoms with Gasteiger partial charge in [0.25, 0.3) is 5.69 Å². The lowest BCUT2D eigenvalue weighted by Crippen LogP contribution is -2.36. The van der Waals surface area contributed by atoms with Crippen molar-refractivity contribution in [2.45, 2.75) is 32.6 Å². The lowest BCUT2D eigenvalue weighted by atomic mass is 9.67. The van der Waals surface area contributed by atoms with Gasteiger partial charge in [-0.05, 0) is 30.7 Å². The molecule has 0 unspecified atom stereocenters. The van der Waals surface area contributed by atoms with E-state index in [4.69, 9.17) is 5.11 Å². The van der Waals surface area contributed by atoms with Crippen LogP contribution in [0.2, 0.25) is 0 Å². The normalized spacial score (nSPS) is 16.1. The van der Waals surface area contributed by atoms with Crippen LogP contribution in [0.25, 0.3) is 0 Å². The maximum atomic E-state index is 13.5. The van der Waals surface area contributed by atoms with Gasteiger partial charge in [-0.15, -0.1) is 0 Å². The predicted molar refractivity (Wildman–Crippen MR) is 75.1 cm³/mol. The maximum Gasteiger partial charge on any atom is 0.338 e. The van der Waals surface area contributed by atoms with Gasteiger partial charge >= 0.3 is 5.97 Å². The molecular weight excluding hydrogens is 279 g/mol. The van der Waals surface area contributed by atoms with Gasteiger partial charge in [0, 0.05) is 6.54 Å². The Morgan fingerprint density at radius 2 is 2.19 bits per heavy atom. The van der Waals surface area contributed by atoms with Crippen LogP contribution in [-0.2, 0) is 0 Å². The van der Waals surface area contributed by atoms with Crippen LogP contribution in [0.4, 0.5) is 15.8 Å². The second-order valence-electron chi connectivity index (χ2n) is 5.47. The minimum absolute atomic E-state index is 0.0542. The van der Waals surface area contributed by atoms with Gasteiger partial charge in [-0.1, -0.05) is 13.3 Å². The van der Waals surface area contributed by atoms with Crippen LogP contribution >= 0.6 is 0 Å². The lowest BCUT2D eigenvalue weighted by molar-refractivity contribution is -0.384. The fourth-order valence-corrected chi connectivity index (χ4v) is 2.63. The van der Waals surface area contributed by atoms with E-state index in [1.165, 1.54) is 0 Å². The van der Waals surface area contributed by atoms with E-state index in [2.05, 4.69) is 12.2 Å². The first kappa shape index (κ1) is 15.2. The molecule has 6 nitrogen and oxygen atoms in total. The van der Waals surface area contributed by atoms with Crippen molar-refractivity contribution in [2.75, 3.05) is 11.9 Å². The molecular formula is C14H17FN2O4. The monoisotopic (exact) mass is 296 g/mol. The Balaban J connectivity index is 2.29. The van der Waals surface area contributed by atoms with E-state index in [1.807, 2.05) is 0 Å². The standard InChI is InChI=1S/C14H17FN2O4/c1-2-14(4-3-5-14)8-16-11-6-9(13(18)19)10(15)7-12(11)17(20)21/h6-7,16H,2-5,8H2,1H3,(H,18,19). The number of nitro benzene ring substituents is 1. The molecule has 0 spiro atoms. The summed E-state index contributed by atoms with van der Waals surface area (Å²) >= 11 is 0. The van der Waals surface area contributed by atoms with Crippen LogP contribution < -0.4 is 5.32 Å². The van der Waals surface area contributed by atoms with Crippen molar-refractivity contribution in [1.29, 1.82) is 0 Å². The van der Waals surface area contributed by atoms with E-state index >= 15 is 0 Å². The first-order valence-corrected chi connectivity index (χ1v) is 6.84. The zero-order chi connectivity index (χ0) is 15.6. The van der Waals surface area contributed by atoms with E-state index in [9.17, 15) is 19.3 Å². The Morgan fingerprint density at radius 3 is 2.62 bits per heavy atom. The van der Waals surface area contributed by atoms with E-state index in [0.717, 1.165) is 31.7 Å². The lowest BCUT2D eigenvalue weighted by Gasteiger charge is -2.41. The molecule has 1 saturated carbocycles. The summed E-state index contributed by atoms with van der Waals surface area (Å²) in [5.41, 5.74) is -0.852. The van der Waals surface area contributed by atoms with Crippen molar-refractivity contribution in [3.8, 4) is 0 Å². The summed E-state index contributed by atoms with van der Waals surface area (Å²) in [4.78, 5) is 21.2. The fraction of sp³-hybridized carbons (Fsp3) is 0.500. The van der Waals surface area contributed by atoms with Crippen molar-refractivity contribution < 1.29 is 19.2 Å². The Hall–Kier alpha value is -2.18. The molecule has 0 atom stereocenters. The molecule has 1 fully saturated rings. The number of carboxylic acids is 1. The number of nitrogens with one attached hydrogen (secondary N) is 1. The molecule has 0 saturated heterocycles. The largest absolute Gasteiger partial charge is 0.478 e. The molecule has 1 aliphatic carbocycles. The number of carbonyl (C=O) groups is 1. The van der Waals surface area contributed by atoms with Crippen LogP contribution in [-0.4, -0.2) is 22.5 Å². The Labute approximate surface area is 121 Å². The average molecular weight is 296 g/mol. The van der Waals surface area contributed by atoms with Gasteiger partial charge in [-0.25, -0.2) is 9.18 Å². The molecule has 0 radical (unpaired) electrons. The van der Waals surface area contributed by atoms with Crippen molar-refractivity contribution in [3.63, 3.8) is 0 Å². The first-order chi connectivity index (χ1) is 9.88. The van der Waals surface area contributed by atoms with Crippen molar-refractivity contribution in [1.82, 2.24) is 0 Å². The number of halogens is 1. The van der Waals surface area contributed by atoms with Crippen LogP contribution in [0.1, 0.15) is 43.0 Å². The molecule has 2 N–H and O–H groups in total. The third-order valence-corrected chi connectivity index (χ3v) is 4.33. The van der Waals surface area contributed by atoms with Gasteiger partial charge in [-0.2, -0.15) is 0 Å². The number of nitrogens with zero attached hydrogens (tertiary/aromatic N) is 1. The SMILES string of the molecule is CCC1(CNc2cc(C(=O)O)c(F)cc2[N+](=O)[O-])CCC1. The van der Waals surface area contributed by atoms with Gasteiger partial charge in [0.05, 0.1) is 16.6 Å². The van der Waals surface area contributed by atoms with E-state index in [1.54, 1.807) is 0 Å². The van der Waals surface area contributed by atoms with Gasteiger partial charge < -0.3 is 10.4 Å². The summed E-state index contributed by atoms with van der Waals surface area (Å²) in [6, 6.07) is 1.66. The van der Waals surface area contributed by atoms with Crippen molar-refractivity contribution in [2.24, 2.45) is 5.41 Å². The van der Waals surface area contributed by atoms with Gasteiger partial charge in [-0.3, -0.25) is 10.1 Å². The summed E-state index contributed by atoms with van der Waals surface area (Å²) in [5, 5.41) is 22.8. The number of aromatic carboxylic acids is 1. The molecule has 0 amide bonds. The van der Waals surface area contributed by atoms with Crippen molar-refractivity contribution in [3.05, 3.63) is 33.6 Å². The van der Waals surface area contributed by atoms with Crippen LogP contribution in [0, 0.1) is 21.3 Å². The average Bonchev–Trinajstić information content (AvgIpc) is 2.38. The zero-order valence-electron chi connectivity index (χ0n) is 11.7. The van der Waals surface area contributed by atoms with E-state index < -0.39 is 28.0 Å². The molecule has 0 bridgehead atoms. The fourth-order valence-electron chi connectivity index (χ4n) is 2.63. The number of nitro groups is 1. The third kappa shape index (κ3) is 2.96. The van der Waals surface area contributed by atoms with Gasteiger partial charge in [0.1, 0.15) is 11.5 Å². The summed E-state index contributed by atoms with van der Waals surface area (Å²) in [6.45, 7) is 2.58. The summed E-state index contributed by atoms with van der Waals surface area (Å²) < 4.78 is 13.5. The summed E-state index contributed by atoms with van der Waals surface area (Å²) in [7, 11) is 0. The Bertz CT molecular complexity index is 579. The predicted octanol–water partition coefficient (Wildman–Crippen LogP) is 3.42. The highest BCUT2D eigenvalue weighted by molar-refractivity contribution is 5.90. The number of hydrogen-bond acceptors (Lipinski definition) is 4. The molecule has 0 heterocycles. The topological polar surface area (TPSA) is 92.5 Å². The third-order valence-electron chi connectivity index (χ3n) is 4.33. The highest BCUT2D eigenvalue weighted by atomic mass is 19.1. The van der Waals surface area contributed by atoms with Crippen molar-refractivity contribution >= 4 is 17.3 Å². The second kappa shape index (κ2) is 5.67. The van der Waals surface area contributed by atoms with E-state index in [-0.39, 0.29) is 11.1 Å².